The van der Waals surface area contributed by atoms with Gasteiger partial charge >= 0.3 is 0 Å². The number of carbonyl (C=O) groups is 1. The van der Waals surface area contributed by atoms with Gasteiger partial charge in [0.2, 0.25) is 0 Å². The summed E-state index contributed by atoms with van der Waals surface area (Å²) in [5.74, 6) is 0.785. The molecule has 1 atom stereocenters. The smallest absolute Gasteiger partial charge is 0.137 e. The van der Waals surface area contributed by atoms with E-state index in [4.69, 9.17) is 0 Å². The van der Waals surface area contributed by atoms with Crippen molar-refractivity contribution in [2.75, 3.05) is 0 Å². The van der Waals surface area contributed by atoms with Gasteiger partial charge in [0.25, 0.3) is 0 Å². The van der Waals surface area contributed by atoms with E-state index in [1.165, 1.54) is 27.9 Å². The van der Waals surface area contributed by atoms with E-state index in [-0.39, 0.29) is 0 Å². The number of carbonyl (C=O) groups excluding carboxylic acids is 1. The minimum Gasteiger partial charge on any atom is -0.299 e. The Labute approximate surface area is 145 Å². The maximum absolute atomic E-state index is 12.3. The van der Waals surface area contributed by atoms with Crippen molar-refractivity contribution in [1.82, 2.24) is 0 Å². The van der Waals surface area contributed by atoms with Gasteiger partial charge in [0.05, 0.1) is 0 Å². The molecule has 0 spiro atoms. The minimum atomic E-state index is 0.369. The monoisotopic (exact) mass is 318 g/mol. The molecule has 1 nitrogen and oxygen atoms in total. The van der Waals surface area contributed by atoms with Gasteiger partial charge in [-0.05, 0) is 30.4 Å². The van der Waals surface area contributed by atoms with Crippen LogP contribution >= 0.6 is 0 Å². The molecule has 124 valence electrons. The van der Waals surface area contributed by atoms with Crippen molar-refractivity contribution in [2.24, 2.45) is 5.92 Å². The molecule has 0 radical (unpaired) electrons. The normalized spacial score (nSPS) is 19.7. The van der Waals surface area contributed by atoms with E-state index in [0.717, 1.165) is 19.3 Å². The molecule has 0 saturated carbocycles. The number of hydrogen-bond donors (Lipinski definition) is 0. The van der Waals surface area contributed by atoms with Crippen LogP contribution in [0.15, 0.2) is 71.4 Å². The lowest BCUT2D eigenvalue weighted by Gasteiger charge is -2.15. The standard InChI is InChI=1S/C23H26O/c1-3-18-9-10-19(15-18)16-22(24)13-11-20-12-14-23(17(20)2)21-7-5-4-6-8-21/h4-10,12,14,17H,3,11,13,15-16H2,1-2H3. The number of allylic oxidation sites excluding steroid dienone is 8. The maximum atomic E-state index is 12.3. The third kappa shape index (κ3) is 3.84. The Kier molecular flexibility index (Phi) is 5.30. The molecule has 0 fully saturated rings. The lowest BCUT2D eigenvalue weighted by molar-refractivity contribution is -0.118. The van der Waals surface area contributed by atoms with E-state index in [9.17, 15) is 4.79 Å². The zero-order valence-electron chi connectivity index (χ0n) is 14.7. The Morgan fingerprint density at radius 2 is 1.79 bits per heavy atom. The molecule has 1 aromatic carbocycles. The summed E-state index contributed by atoms with van der Waals surface area (Å²) in [6.07, 6.45) is 13.0. The summed E-state index contributed by atoms with van der Waals surface area (Å²) >= 11 is 0. The number of ketones is 1. The van der Waals surface area contributed by atoms with Crippen molar-refractivity contribution in [3.8, 4) is 0 Å². The Morgan fingerprint density at radius 1 is 1.04 bits per heavy atom. The highest BCUT2D eigenvalue weighted by atomic mass is 16.1. The van der Waals surface area contributed by atoms with Gasteiger partial charge in [-0.25, -0.2) is 0 Å². The van der Waals surface area contributed by atoms with Gasteiger partial charge in [-0.3, -0.25) is 4.79 Å². The fourth-order valence-electron chi connectivity index (χ4n) is 3.60. The fourth-order valence-corrected chi connectivity index (χ4v) is 3.60. The van der Waals surface area contributed by atoms with Crippen LogP contribution in [0.25, 0.3) is 5.57 Å². The first-order valence-electron chi connectivity index (χ1n) is 9.02. The van der Waals surface area contributed by atoms with Crippen molar-refractivity contribution < 1.29 is 4.79 Å². The molecular formula is C23H26O. The van der Waals surface area contributed by atoms with Crippen molar-refractivity contribution in [2.45, 2.75) is 46.0 Å². The van der Waals surface area contributed by atoms with Crippen LogP contribution in [-0.2, 0) is 4.79 Å². The SMILES string of the molecule is CCC1=CC=C(CC(=O)CCC2=CC=C(c3ccccc3)C2C)C1. The topological polar surface area (TPSA) is 17.1 Å². The highest BCUT2D eigenvalue weighted by Gasteiger charge is 2.20. The minimum absolute atomic E-state index is 0.369. The summed E-state index contributed by atoms with van der Waals surface area (Å²) in [6.45, 7) is 4.43. The van der Waals surface area contributed by atoms with E-state index in [1.807, 2.05) is 6.07 Å². The van der Waals surface area contributed by atoms with Gasteiger partial charge in [-0.15, -0.1) is 0 Å². The van der Waals surface area contributed by atoms with Crippen LogP contribution in [-0.4, -0.2) is 5.78 Å². The molecule has 0 heterocycles. The number of benzene rings is 1. The number of rotatable bonds is 7. The van der Waals surface area contributed by atoms with Crippen LogP contribution < -0.4 is 0 Å². The van der Waals surface area contributed by atoms with Crippen molar-refractivity contribution in [1.29, 1.82) is 0 Å². The van der Waals surface area contributed by atoms with E-state index in [1.54, 1.807) is 0 Å². The third-order valence-electron chi connectivity index (χ3n) is 5.19. The lowest BCUT2D eigenvalue weighted by Crippen LogP contribution is -2.04. The summed E-state index contributed by atoms with van der Waals surface area (Å²) < 4.78 is 0. The van der Waals surface area contributed by atoms with Gasteiger partial charge in [0, 0.05) is 18.8 Å². The summed E-state index contributed by atoms with van der Waals surface area (Å²) in [5, 5.41) is 0. The molecule has 3 rings (SSSR count). The first-order chi connectivity index (χ1) is 11.7. The highest BCUT2D eigenvalue weighted by Crippen LogP contribution is 2.36. The summed E-state index contributed by atoms with van der Waals surface area (Å²) in [4.78, 5) is 12.3. The molecule has 0 N–H and O–H groups in total. The van der Waals surface area contributed by atoms with Crippen molar-refractivity contribution in [3.05, 3.63) is 76.9 Å². The molecule has 2 aliphatic carbocycles. The maximum Gasteiger partial charge on any atom is 0.137 e. The molecule has 0 aliphatic heterocycles. The molecule has 0 amide bonds. The predicted octanol–water partition coefficient (Wildman–Crippen LogP) is 6.05. The largest absolute Gasteiger partial charge is 0.299 e. The van der Waals surface area contributed by atoms with Gasteiger partial charge in [0.15, 0.2) is 0 Å². The molecule has 1 unspecified atom stereocenters. The number of Topliss-reactive ketones (excluding diaryl/α,β-unsaturated/α-hetero) is 1. The van der Waals surface area contributed by atoms with E-state index < -0.39 is 0 Å². The van der Waals surface area contributed by atoms with Gasteiger partial charge in [0.1, 0.15) is 5.78 Å². The first-order valence-corrected chi connectivity index (χ1v) is 9.02. The van der Waals surface area contributed by atoms with Gasteiger partial charge < -0.3 is 0 Å². The van der Waals surface area contributed by atoms with E-state index in [0.29, 0.717) is 24.5 Å². The van der Waals surface area contributed by atoms with E-state index >= 15 is 0 Å². The molecule has 0 bridgehead atoms. The second kappa shape index (κ2) is 7.61. The average molecular weight is 318 g/mol. The second-order valence-corrected chi connectivity index (χ2v) is 6.85. The highest BCUT2D eigenvalue weighted by molar-refractivity contribution is 5.82. The zero-order valence-corrected chi connectivity index (χ0v) is 14.7. The quantitative estimate of drug-likeness (QED) is 0.598. The predicted molar refractivity (Wildman–Crippen MR) is 102 cm³/mol. The zero-order chi connectivity index (χ0) is 16.9. The fraction of sp³-hybridized carbons (Fsp3) is 0.348. The Morgan fingerprint density at radius 3 is 2.50 bits per heavy atom. The molecule has 0 saturated heterocycles. The lowest BCUT2D eigenvalue weighted by atomic mass is 9.89. The van der Waals surface area contributed by atoms with Crippen LogP contribution in [0.5, 0.6) is 0 Å². The van der Waals surface area contributed by atoms with Crippen LogP contribution in [0.2, 0.25) is 0 Å². The Bertz CT molecular complexity index is 729. The Balaban J connectivity index is 1.47. The van der Waals surface area contributed by atoms with Gasteiger partial charge in [-0.2, -0.15) is 0 Å². The molecule has 0 aromatic heterocycles. The molecule has 24 heavy (non-hydrogen) atoms. The van der Waals surface area contributed by atoms with Crippen LogP contribution in [0.1, 0.15) is 51.5 Å². The summed E-state index contributed by atoms with van der Waals surface area (Å²) in [6, 6.07) is 10.5. The van der Waals surface area contributed by atoms with E-state index in [2.05, 4.69) is 62.4 Å². The van der Waals surface area contributed by atoms with Crippen molar-refractivity contribution in [3.63, 3.8) is 0 Å². The van der Waals surface area contributed by atoms with Crippen LogP contribution in [0.4, 0.5) is 0 Å². The first kappa shape index (κ1) is 16.7. The summed E-state index contributed by atoms with van der Waals surface area (Å²) in [5.41, 5.74) is 6.77. The average Bonchev–Trinajstić information content (AvgIpc) is 3.20. The Hall–Kier alpha value is -2.15. The summed E-state index contributed by atoms with van der Waals surface area (Å²) in [7, 11) is 0. The molecule has 1 heteroatoms. The molecule has 2 aliphatic rings. The molecule has 1 aromatic rings. The second-order valence-electron chi connectivity index (χ2n) is 6.85. The van der Waals surface area contributed by atoms with Gasteiger partial charge in [-0.1, -0.05) is 85.2 Å². The number of hydrogen-bond acceptors (Lipinski definition) is 1. The third-order valence-corrected chi connectivity index (χ3v) is 5.19. The molecular weight excluding hydrogens is 292 g/mol. The van der Waals surface area contributed by atoms with Crippen molar-refractivity contribution >= 4 is 11.4 Å². The van der Waals surface area contributed by atoms with Crippen LogP contribution in [0.3, 0.4) is 0 Å². The van der Waals surface area contributed by atoms with Crippen LogP contribution in [0, 0.1) is 5.92 Å².